The maximum absolute atomic E-state index is 12.9. The van der Waals surface area contributed by atoms with Crippen LogP contribution >= 0.6 is 0 Å². The number of methoxy groups -OCH3 is 1. The van der Waals surface area contributed by atoms with Gasteiger partial charge in [0, 0.05) is 11.8 Å². The molecular weight excluding hydrogens is 520 g/mol. The van der Waals surface area contributed by atoms with Crippen molar-refractivity contribution >= 4 is 32.7 Å². The number of carbonyl (C=O) groups is 1. The van der Waals surface area contributed by atoms with Crippen LogP contribution in [0.25, 0.3) is 11.0 Å². The number of ether oxygens (including phenoxy) is 1. The van der Waals surface area contributed by atoms with Gasteiger partial charge in [-0.15, -0.1) is 0 Å². The molecule has 1 aliphatic carbocycles. The van der Waals surface area contributed by atoms with Crippen molar-refractivity contribution in [2.45, 2.75) is 51.7 Å². The molecule has 1 fully saturated rings. The van der Waals surface area contributed by atoms with Gasteiger partial charge in [0.2, 0.25) is 10.0 Å². The summed E-state index contributed by atoms with van der Waals surface area (Å²) < 4.78 is 41.2. The second-order valence-corrected chi connectivity index (χ2v) is 12.4. The van der Waals surface area contributed by atoms with E-state index in [9.17, 15) is 13.2 Å². The van der Waals surface area contributed by atoms with Crippen molar-refractivity contribution in [2.24, 2.45) is 5.92 Å². The Balaban J connectivity index is 1.27. The van der Waals surface area contributed by atoms with E-state index in [0.717, 1.165) is 42.5 Å². The van der Waals surface area contributed by atoms with Crippen LogP contribution in [0.4, 0.5) is 5.82 Å². The first kappa shape index (κ1) is 27.0. The monoisotopic (exact) mass is 554 g/mol. The van der Waals surface area contributed by atoms with Crippen LogP contribution in [0.3, 0.4) is 0 Å². The molecule has 11 nitrogen and oxygen atoms in total. The molecule has 1 aliphatic heterocycles. The van der Waals surface area contributed by atoms with E-state index in [1.54, 1.807) is 4.90 Å². The molecule has 0 spiro atoms. The van der Waals surface area contributed by atoms with Gasteiger partial charge in [0.15, 0.2) is 11.4 Å². The Hall–Kier alpha value is -3.56. The molecule has 5 rings (SSSR count). The number of anilines is 1. The van der Waals surface area contributed by atoms with Gasteiger partial charge in [0.05, 0.1) is 44.7 Å². The summed E-state index contributed by atoms with van der Waals surface area (Å²) in [4.78, 5) is 16.0. The first-order chi connectivity index (χ1) is 18.7. The second-order valence-electron chi connectivity index (χ2n) is 10.6. The number of carbonyl (C=O) groups excluding carboxylic acids is 1. The van der Waals surface area contributed by atoms with Gasteiger partial charge in [-0.1, -0.05) is 30.3 Å². The summed E-state index contributed by atoms with van der Waals surface area (Å²) in [6.07, 6.45) is 7.11. The van der Waals surface area contributed by atoms with Crippen molar-refractivity contribution in [3.8, 4) is 17.6 Å². The zero-order valence-electron chi connectivity index (χ0n) is 22.6. The van der Waals surface area contributed by atoms with E-state index in [4.69, 9.17) is 9.26 Å². The van der Waals surface area contributed by atoms with E-state index in [1.807, 2.05) is 42.0 Å². The fourth-order valence-corrected chi connectivity index (χ4v) is 6.71. The van der Waals surface area contributed by atoms with Gasteiger partial charge in [-0.25, -0.2) is 8.42 Å². The average Bonchev–Trinajstić information content (AvgIpc) is 3.57. The van der Waals surface area contributed by atoms with Crippen molar-refractivity contribution in [3.05, 3.63) is 35.2 Å². The van der Waals surface area contributed by atoms with E-state index in [-0.39, 0.29) is 23.4 Å². The van der Waals surface area contributed by atoms with Gasteiger partial charge in [-0.2, -0.15) is 5.10 Å². The molecule has 3 aromatic rings. The highest BCUT2D eigenvalue weighted by atomic mass is 32.2. The van der Waals surface area contributed by atoms with Crippen LogP contribution in [0.2, 0.25) is 0 Å². The maximum Gasteiger partial charge on any atom is 0.299 e. The molecule has 2 aliphatic rings. The topological polar surface area (TPSA) is 123 Å². The lowest BCUT2D eigenvalue weighted by atomic mass is 9.91. The molecule has 0 saturated heterocycles. The summed E-state index contributed by atoms with van der Waals surface area (Å²) in [5, 5.41) is 9.15. The lowest BCUT2D eigenvalue weighted by Crippen LogP contribution is -2.24. The third-order valence-corrected chi connectivity index (χ3v) is 8.51. The number of hydrogen-bond donors (Lipinski definition) is 1. The Bertz CT molecular complexity index is 1500. The first-order valence-corrected chi connectivity index (χ1v) is 14.8. The van der Waals surface area contributed by atoms with Gasteiger partial charge < -0.3 is 14.2 Å². The van der Waals surface area contributed by atoms with Crippen LogP contribution in [0, 0.1) is 17.8 Å². The molecular formula is C27H34N6O5S. The van der Waals surface area contributed by atoms with Crippen LogP contribution in [-0.2, 0) is 34.5 Å². The summed E-state index contributed by atoms with van der Waals surface area (Å²) in [7, 11) is 1.76. The van der Waals surface area contributed by atoms with Crippen molar-refractivity contribution in [1.29, 1.82) is 0 Å². The molecule has 1 saturated carbocycles. The molecule has 3 heterocycles. The molecule has 39 heavy (non-hydrogen) atoms. The zero-order valence-corrected chi connectivity index (χ0v) is 23.4. The van der Waals surface area contributed by atoms with E-state index in [0.29, 0.717) is 42.9 Å². The summed E-state index contributed by atoms with van der Waals surface area (Å²) >= 11 is 0. The lowest BCUT2D eigenvalue weighted by molar-refractivity contribution is -0.125. The SMILES string of the molecule is COc1cc(Cn2cc3c(n2)CN(C(=O)C#CCN(C)C)C3)cc2onc(NS(=O)(=O)CC3CCCCC3)c12. The number of nitrogens with zero attached hydrogens (tertiary/aromatic N) is 5. The van der Waals surface area contributed by atoms with Crippen LogP contribution < -0.4 is 9.46 Å². The number of benzene rings is 1. The minimum absolute atomic E-state index is 0.0808. The summed E-state index contributed by atoms with van der Waals surface area (Å²) in [6.45, 7) is 1.87. The Labute approximate surface area is 228 Å². The Kier molecular flexibility index (Phi) is 7.81. The van der Waals surface area contributed by atoms with Crippen LogP contribution in [0.1, 0.15) is 48.9 Å². The van der Waals surface area contributed by atoms with Gasteiger partial charge in [0.1, 0.15) is 11.1 Å². The third kappa shape index (κ3) is 6.37. The number of amides is 1. The third-order valence-electron chi connectivity index (χ3n) is 7.10. The minimum atomic E-state index is -3.58. The van der Waals surface area contributed by atoms with Crippen molar-refractivity contribution in [2.75, 3.05) is 38.2 Å². The summed E-state index contributed by atoms with van der Waals surface area (Å²) in [6, 6.07) is 3.65. The standard InChI is InChI=1S/C27H34N6O5S/c1-31(2)11-7-10-25(34)32-15-21-16-33(28-22(21)17-32)14-20-12-23(37-3)26-24(13-20)38-29-27(26)30-39(35,36)18-19-8-5-4-6-9-19/h12-13,16,19H,4-6,8-9,11,14-15,17-18H2,1-3H3,(H,29,30). The Morgan fingerprint density at radius 3 is 2.74 bits per heavy atom. The molecule has 0 bridgehead atoms. The number of fused-ring (bicyclic) bond motifs is 2. The fraction of sp³-hybridized carbons (Fsp3) is 0.519. The molecule has 0 unspecified atom stereocenters. The highest BCUT2D eigenvalue weighted by Gasteiger charge is 2.27. The molecule has 0 radical (unpaired) electrons. The lowest BCUT2D eigenvalue weighted by Gasteiger charge is -2.21. The molecule has 12 heteroatoms. The van der Waals surface area contributed by atoms with Crippen molar-refractivity contribution in [3.63, 3.8) is 0 Å². The van der Waals surface area contributed by atoms with E-state index < -0.39 is 10.0 Å². The molecule has 1 aromatic carbocycles. The molecule has 208 valence electrons. The van der Waals surface area contributed by atoms with Gasteiger partial charge in [-0.3, -0.25) is 19.1 Å². The molecule has 1 N–H and O–H groups in total. The number of nitrogens with one attached hydrogen (secondary N) is 1. The fourth-order valence-electron chi connectivity index (χ4n) is 5.24. The number of hydrogen-bond acceptors (Lipinski definition) is 8. The molecule has 2 aromatic heterocycles. The number of sulfonamides is 1. The van der Waals surface area contributed by atoms with Crippen LogP contribution in [0.5, 0.6) is 5.75 Å². The second kappa shape index (κ2) is 11.3. The quantitative estimate of drug-likeness (QED) is 0.422. The summed E-state index contributed by atoms with van der Waals surface area (Å²) in [5.74, 6) is 6.22. The molecule has 0 atom stereocenters. The smallest absolute Gasteiger partial charge is 0.299 e. The average molecular weight is 555 g/mol. The van der Waals surface area contributed by atoms with E-state index in [1.165, 1.54) is 13.5 Å². The van der Waals surface area contributed by atoms with Gasteiger partial charge in [-0.05, 0) is 56.5 Å². The highest BCUT2D eigenvalue weighted by Crippen LogP contribution is 2.35. The minimum Gasteiger partial charge on any atom is -0.496 e. The largest absolute Gasteiger partial charge is 0.496 e. The Morgan fingerprint density at radius 2 is 2.03 bits per heavy atom. The number of rotatable bonds is 8. The molecule has 1 amide bonds. The van der Waals surface area contributed by atoms with Crippen molar-refractivity contribution in [1.82, 2.24) is 24.7 Å². The van der Waals surface area contributed by atoms with Crippen LogP contribution in [0.15, 0.2) is 22.9 Å². The van der Waals surface area contributed by atoms with E-state index in [2.05, 4.69) is 26.8 Å². The number of aromatic nitrogens is 3. The summed E-state index contributed by atoms with van der Waals surface area (Å²) in [5.41, 5.74) is 3.11. The predicted molar refractivity (Wildman–Crippen MR) is 146 cm³/mol. The zero-order chi connectivity index (χ0) is 27.6. The van der Waals surface area contributed by atoms with Crippen LogP contribution in [-0.4, -0.2) is 72.6 Å². The maximum atomic E-state index is 12.9. The van der Waals surface area contributed by atoms with Crippen molar-refractivity contribution < 1.29 is 22.5 Å². The first-order valence-electron chi connectivity index (χ1n) is 13.2. The predicted octanol–water partition coefficient (Wildman–Crippen LogP) is 2.81. The normalized spacial score (nSPS) is 15.8. The van der Waals surface area contributed by atoms with E-state index >= 15 is 0 Å². The Morgan fingerprint density at radius 1 is 1.23 bits per heavy atom. The van der Waals surface area contributed by atoms with Gasteiger partial charge >= 0.3 is 0 Å². The van der Waals surface area contributed by atoms with Gasteiger partial charge in [0.25, 0.3) is 5.91 Å². The highest BCUT2D eigenvalue weighted by molar-refractivity contribution is 7.92.